The number of aliphatic carboxylic acids is 1. The molecule has 0 radical (unpaired) electrons. The summed E-state index contributed by atoms with van der Waals surface area (Å²) in [7, 11) is 2.00. The predicted octanol–water partition coefficient (Wildman–Crippen LogP) is 5.66. The first-order valence-electron chi connectivity index (χ1n) is 19.6. The van der Waals surface area contributed by atoms with E-state index in [0.717, 1.165) is 44.9 Å². The predicted molar refractivity (Wildman–Crippen MR) is 193 cm³/mol. The molecule has 4 N–H and O–H groups in total. The number of hydrogen-bond donors (Lipinski definition) is 3. The second-order valence-electron chi connectivity index (χ2n) is 18.9. The second kappa shape index (κ2) is 12.6. The van der Waals surface area contributed by atoms with E-state index in [1.165, 1.54) is 11.9 Å². The van der Waals surface area contributed by atoms with Crippen LogP contribution in [-0.2, 0) is 19.0 Å². The number of rotatable bonds is 9. The minimum absolute atomic E-state index is 0.153. The maximum absolute atomic E-state index is 13.5. The van der Waals surface area contributed by atoms with Gasteiger partial charge >= 0.3 is 5.97 Å². The summed E-state index contributed by atoms with van der Waals surface area (Å²) in [5.41, 5.74) is 5.58. The molecule has 0 unspecified atom stereocenters. The van der Waals surface area contributed by atoms with Crippen molar-refractivity contribution >= 4 is 11.9 Å². The van der Waals surface area contributed by atoms with Gasteiger partial charge in [-0.05, 0) is 98.3 Å². The molecular formula is C40H63N5O6. The molecule has 3 saturated carbocycles. The highest BCUT2D eigenvalue weighted by molar-refractivity contribution is 5.89. The summed E-state index contributed by atoms with van der Waals surface area (Å²) in [6.07, 6.45) is 10.7. The Morgan fingerprint density at radius 2 is 1.78 bits per heavy atom. The van der Waals surface area contributed by atoms with Crippen molar-refractivity contribution < 1.29 is 28.9 Å². The molecule has 6 aliphatic rings. The fourth-order valence-electron chi connectivity index (χ4n) is 13.3. The number of nitrogens with one attached hydrogen (secondary N) is 1. The van der Waals surface area contributed by atoms with Crippen molar-refractivity contribution in [3.63, 3.8) is 0 Å². The first-order chi connectivity index (χ1) is 24.0. The molecule has 1 aromatic heterocycles. The van der Waals surface area contributed by atoms with Gasteiger partial charge in [0, 0.05) is 29.6 Å². The number of likely N-dealkylation sites (N-methyl/N-ethyl adjacent to an activating group) is 1. The van der Waals surface area contributed by atoms with Gasteiger partial charge in [-0.1, -0.05) is 60.1 Å². The minimum atomic E-state index is -0.651. The largest absolute Gasteiger partial charge is 0.481 e. The number of primary amides is 1. The zero-order valence-corrected chi connectivity index (χ0v) is 32.3. The Hall–Kier alpha value is -2.34. The van der Waals surface area contributed by atoms with Crippen LogP contribution in [0.3, 0.4) is 0 Å². The van der Waals surface area contributed by atoms with Crippen molar-refractivity contribution in [1.82, 2.24) is 20.1 Å². The molecule has 0 aromatic carbocycles. The van der Waals surface area contributed by atoms with Gasteiger partial charge in [-0.15, -0.1) is 0 Å². The second-order valence-corrected chi connectivity index (χ2v) is 18.9. The minimum Gasteiger partial charge on any atom is -0.481 e. The van der Waals surface area contributed by atoms with Crippen LogP contribution in [0.15, 0.2) is 18.0 Å². The number of amides is 1. The normalized spacial score (nSPS) is 43.7. The van der Waals surface area contributed by atoms with Gasteiger partial charge in [0.25, 0.3) is 5.91 Å². The Kier molecular flexibility index (Phi) is 9.16. The number of nitrogens with two attached hydrogens (primary N) is 1. The summed E-state index contributed by atoms with van der Waals surface area (Å²) in [6, 6.07) is -0.289. The highest BCUT2D eigenvalue weighted by Gasteiger charge is 2.72. The van der Waals surface area contributed by atoms with E-state index in [-0.39, 0.29) is 57.0 Å². The highest BCUT2D eigenvalue weighted by Crippen LogP contribution is 2.75. The van der Waals surface area contributed by atoms with Gasteiger partial charge in [-0.25, -0.2) is 9.67 Å². The molecule has 7 rings (SSSR count). The lowest BCUT2D eigenvalue weighted by molar-refractivity contribution is -0.253. The van der Waals surface area contributed by atoms with E-state index in [0.29, 0.717) is 51.3 Å². The summed E-state index contributed by atoms with van der Waals surface area (Å²) in [5, 5.41) is 19.3. The van der Waals surface area contributed by atoms with Crippen LogP contribution in [0, 0.1) is 56.7 Å². The monoisotopic (exact) mass is 709 g/mol. The molecule has 11 nitrogen and oxygen atoms in total. The quantitative estimate of drug-likeness (QED) is 0.276. The number of carboxylic acid groups (broad SMARTS) is 1. The third-order valence-corrected chi connectivity index (χ3v) is 16.7. The maximum Gasteiger partial charge on any atom is 0.307 e. The summed E-state index contributed by atoms with van der Waals surface area (Å²) in [5.74, 6) is -0.333. The SMILES string of the molecule is CNC1(CO[C@H]2[C@H](n3ncnc3C(N)=O)C[C@@]34COC[C@]2(C)[C@@H]3CC[C@H]2C4=CC[C@@]3(C)[C@H](C(=O)O)[C@@](C)([C@H](C)C(C)C)CC[C@]23C)CCOCC1. The van der Waals surface area contributed by atoms with E-state index in [9.17, 15) is 14.7 Å². The van der Waals surface area contributed by atoms with Crippen LogP contribution in [0.25, 0.3) is 0 Å². The van der Waals surface area contributed by atoms with Gasteiger partial charge in [0.2, 0.25) is 5.82 Å². The lowest BCUT2D eigenvalue weighted by Gasteiger charge is -2.71. The highest BCUT2D eigenvalue weighted by atomic mass is 16.5. The summed E-state index contributed by atoms with van der Waals surface area (Å²) in [4.78, 5) is 30.6. The van der Waals surface area contributed by atoms with Crippen LogP contribution in [0.5, 0.6) is 0 Å². The lowest BCUT2D eigenvalue weighted by atomic mass is 9.34. The molecule has 5 fully saturated rings. The van der Waals surface area contributed by atoms with E-state index in [1.807, 2.05) is 7.05 Å². The van der Waals surface area contributed by atoms with Crippen molar-refractivity contribution in [2.24, 2.45) is 62.4 Å². The van der Waals surface area contributed by atoms with Crippen LogP contribution < -0.4 is 11.1 Å². The van der Waals surface area contributed by atoms with Gasteiger partial charge in [-0.2, -0.15) is 5.10 Å². The molecule has 4 aliphatic carbocycles. The molecular weight excluding hydrogens is 646 g/mol. The van der Waals surface area contributed by atoms with Crippen LogP contribution in [-0.4, -0.2) is 83.5 Å². The smallest absolute Gasteiger partial charge is 0.307 e. The summed E-state index contributed by atoms with van der Waals surface area (Å²) >= 11 is 0. The van der Waals surface area contributed by atoms with Crippen LogP contribution >= 0.6 is 0 Å². The Labute approximate surface area is 304 Å². The Bertz CT molecular complexity index is 1550. The third kappa shape index (κ3) is 5.17. The topological polar surface area (TPSA) is 151 Å². The van der Waals surface area contributed by atoms with Gasteiger partial charge in [0.1, 0.15) is 6.33 Å². The van der Waals surface area contributed by atoms with Crippen molar-refractivity contribution in [2.75, 3.05) is 40.1 Å². The zero-order chi connectivity index (χ0) is 36.8. The Morgan fingerprint density at radius 3 is 2.43 bits per heavy atom. The number of carboxylic acids is 1. The molecule has 1 amide bonds. The van der Waals surface area contributed by atoms with Gasteiger partial charge < -0.3 is 30.4 Å². The lowest BCUT2D eigenvalue weighted by Crippen LogP contribution is -2.69. The number of carbonyl (C=O) groups is 2. The molecule has 11 heteroatoms. The van der Waals surface area contributed by atoms with E-state index < -0.39 is 23.2 Å². The van der Waals surface area contributed by atoms with Crippen LogP contribution in [0.2, 0.25) is 0 Å². The maximum atomic E-state index is 13.5. The molecule has 3 heterocycles. The first kappa shape index (κ1) is 37.0. The van der Waals surface area contributed by atoms with Crippen molar-refractivity contribution in [2.45, 2.75) is 118 Å². The van der Waals surface area contributed by atoms with Gasteiger partial charge in [0.05, 0.1) is 37.9 Å². The fourth-order valence-corrected chi connectivity index (χ4v) is 13.3. The number of hydrogen-bond acceptors (Lipinski definition) is 8. The van der Waals surface area contributed by atoms with Crippen LogP contribution in [0.1, 0.15) is 116 Å². The van der Waals surface area contributed by atoms with Gasteiger partial charge in [-0.3, -0.25) is 9.59 Å². The number of ether oxygens (including phenoxy) is 3. The van der Waals surface area contributed by atoms with E-state index in [4.69, 9.17) is 19.9 Å². The average Bonchev–Trinajstić information content (AvgIpc) is 3.58. The molecule has 2 aliphatic heterocycles. The number of allylic oxidation sites excluding steroid dienone is 1. The fraction of sp³-hybridized carbons (Fsp3) is 0.850. The number of fused-ring (bicyclic) bond motifs is 3. The number of nitrogens with zero attached hydrogens (tertiary/aromatic N) is 3. The standard InChI is InChI=1S/C40H63N5O6/c1-24(2)25(3)35(4)13-14-37(6)26-9-10-29-36(5)20-50-22-40(29,27(26)11-12-38(37,7)30(35)34(47)48)19-28(45-33(32(41)46)43-23-44-45)31(36)51-21-39(42-8)15-17-49-18-16-39/h11,23-26,28-31,42H,9-10,12-22H2,1-8H3,(H2,41,46)(H,47,48)/t25-,26+,28-,29+,30-,31+,35-,36-,37-,38+,40+/m1/s1. The first-order valence-corrected chi connectivity index (χ1v) is 19.6. The van der Waals surface area contributed by atoms with E-state index >= 15 is 0 Å². The Morgan fingerprint density at radius 1 is 1.06 bits per heavy atom. The van der Waals surface area contributed by atoms with E-state index in [2.05, 4.69) is 69.9 Å². The Balaban J connectivity index is 1.32. The van der Waals surface area contributed by atoms with Crippen LogP contribution in [0.4, 0.5) is 0 Å². The number of carbonyl (C=O) groups excluding carboxylic acids is 1. The molecule has 2 bridgehead atoms. The van der Waals surface area contributed by atoms with E-state index in [1.54, 1.807) is 4.68 Å². The average molecular weight is 710 g/mol. The van der Waals surface area contributed by atoms with Crippen molar-refractivity contribution in [3.8, 4) is 0 Å². The van der Waals surface area contributed by atoms with Crippen molar-refractivity contribution in [3.05, 3.63) is 23.8 Å². The molecule has 1 aromatic rings. The summed E-state index contributed by atoms with van der Waals surface area (Å²) < 4.78 is 21.4. The summed E-state index contributed by atoms with van der Waals surface area (Å²) in [6.45, 7) is 19.1. The third-order valence-electron chi connectivity index (χ3n) is 16.7. The zero-order valence-electron chi connectivity index (χ0n) is 32.3. The van der Waals surface area contributed by atoms with Crippen molar-refractivity contribution in [1.29, 1.82) is 0 Å². The molecule has 11 atom stereocenters. The number of aromatic nitrogens is 3. The molecule has 284 valence electrons. The molecule has 0 spiro atoms. The molecule has 51 heavy (non-hydrogen) atoms. The molecule has 2 saturated heterocycles. The van der Waals surface area contributed by atoms with Gasteiger partial charge in [0.15, 0.2) is 0 Å².